The minimum atomic E-state index is 0.105. The number of aromatic nitrogens is 2. The van der Waals surface area contributed by atoms with Crippen molar-refractivity contribution in [1.82, 2.24) is 9.55 Å². The van der Waals surface area contributed by atoms with Gasteiger partial charge >= 0.3 is 0 Å². The van der Waals surface area contributed by atoms with Crippen LogP contribution in [0.1, 0.15) is 25.1 Å². The van der Waals surface area contributed by atoms with Crippen molar-refractivity contribution in [3.05, 3.63) is 52.7 Å². The highest BCUT2D eigenvalue weighted by atomic mass is 16.1. The molecule has 3 rings (SSSR count). The lowest BCUT2D eigenvalue weighted by molar-refractivity contribution is 0.610. The molecule has 18 heavy (non-hydrogen) atoms. The summed E-state index contributed by atoms with van der Waals surface area (Å²) < 4.78 is 1.86. The van der Waals surface area contributed by atoms with Gasteiger partial charge in [0.15, 0.2) is 0 Å². The number of nitrogens with zero attached hydrogens (tertiary/aromatic N) is 2. The minimum Gasteiger partial charge on any atom is -0.296 e. The molecule has 3 heteroatoms. The van der Waals surface area contributed by atoms with Gasteiger partial charge in [-0.3, -0.25) is 9.36 Å². The van der Waals surface area contributed by atoms with Gasteiger partial charge in [0.2, 0.25) is 0 Å². The second-order valence-electron chi connectivity index (χ2n) is 4.72. The van der Waals surface area contributed by atoms with Crippen molar-refractivity contribution in [2.45, 2.75) is 32.2 Å². The fourth-order valence-electron chi connectivity index (χ4n) is 2.50. The van der Waals surface area contributed by atoms with E-state index in [1.54, 1.807) is 6.20 Å². The van der Waals surface area contributed by atoms with Gasteiger partial charge < -0.3 is 0 Å². The molecule has 0 fully saturated rings. The summed E-state index contributed by atoms with van der Waals surface area (Å²) in [7, 11) is 0. The summed E-state index contributed by atoms with van der Waals surface area (Å²) in [4.78, 5) is 17.0. The molecule has 0 amide bonds. The maximum Gasteiger partial charge on any atom is 0.261 e. The summed E-state index contributed by atoms with van der Waals surface area (Å²) in [6.07, 6.45) is 6.05. The van der Waals surface area contributed by atoms with Crippen molar-refractivity contribution in [3.63, 3.8) is 0 Å². The zero-order chi connectivity index (χ0) is 12.4. The Labute approximate surface area is 106 Å². The molecule has 0 aliphatic carbocycles. The zero-order valence-electron chi connectivity index (χ0n) is 10.3. The molecule has 1 aliphatic heterocycles. The molecule has 0 unspecified atom stereocenters. The first-order chi connectivity index (χ1) is 8.86. The van der Waals surface area contributed by atoms with Crippen LogP contribution in [0.2, 0.25) is 0 Å². The molecule has 3 nitrogen and oxygen atoms in total. The van der Waals surface area contributed by atoms with E-state index in [1.165, 1.54) is 6.42 Å². The molecule has 0 atom stereocenters. The maximum atomic E-state index is 12.5. The van der Waals surface area contributed by atoms with Gasteiger partial charge in [-0.1, -0.05) is 36.8 Å². The summed E-state index contributed by atoms with van der Waals surface area (Å²) >= 11 is 0. The number of fused-ring (bicyclic) bond motifs is 1. The highest BCUT2D eigenvalue weighted by Gasteiger charge is 2.13. The normalized spacial score (nSPS) is 14.9. The maximum absolute atomic E-state index is 12.5. The van der Waals surface area contributed by atoms with Gasteiger partial charge in [0.1, 0.15) is 5.82 Å². The van der Waals surface area contributed by atoms with Crippen LogP contribution < -0.4 is 5.56 Å². The number of aryl methyl sites for hydroxylation is 1. The molecule has 0 N–H and O–H groups in total. The Balaban J connectivity index is 2.14. The van der Waals surface area contributed by atoms with Crippen LogP contribution in [0.25, 0.3) is 11.1 Å². The van der Waals surface area contributed by atoms with E-state index in [1.807, 2.05) is 34.9 Å². The molecule has 1 aromatic carbocycles. The quantitative estimate of drug-likeness (QED) is 0.768. The third-order valence-corrected chi connectivity index (χ3v) is 3.50. The zero-order valence-corrected chi connectivity index (χ0v) is 10.3. The van der Waals surface area contributed by atoms with Crippen LogP contribution in [0.3, 0.4) is 0 Å². The van der Waals surface area contributed by atoms with Crippen LogP contribution in [-0.4, -0.2) is 9.55 Å². The Morgan fingerprint density at radius 3 is 2.72 bits per heavy atom. The summed E-state index contributed by atoms with van der Waals surface area (Å²) in [5.41, 5.74) is 1.77. The van der Waals surface area contributed by atoms with Crippen molar-refractivity contribution >= 4 is 0 Å². The molecule has 2 heterocycles. The third kappa shape index (κ3) is 1.96. The standard InChI is InChI=1S/C15H16N2O/c18-15-13(12-7-3-1-4-8-12)11-16-14-9-5-2-6-10-17(14)15/h1,3-4,7-8,11H,2,5-6,9-10H2. The van der Waals surface area contributed by atoms with Crippen LogP contribution in [0, 0.1) is 0 Å². The molecule has 1 aromatic heterocycles. The first kappa shape index (κ1) is 11.2. The van der Waals surface area contributed by atoms with Crippen molar-refractivity contribution in [1.29, 1.82) is 0 Å². The Bertz CT molecular complexity index is 602. The van der Waals surface area contributed by atoms with E-state index in [0.29, 0.717) is 5.56 Å². The van der Waals surface area contributed by atoms with Crippen molar-refractivity contribution < 1.29 is 0 Å². The van der Waals surface area contributed by atoms with Gasteiger partial charge in [0, 0.05) is 19.2 Å². The average Bonchev–Trinajstić information content (AvgIpc) is 2.66. The first-order valence-electron chi connectivity index (χ1n) is 6.50. The Morgan fingerprint density at radius 1 is 1.06 bits per heavy atom. The van der Waals surface area contributed by atoms with E-state index in [4.69, 9.17) is 0 Å². The van der Waals surface area contributed by atoms with Gasteiger partial charge in [-0.2, -0.15) is 0 Å². The fraction of sp³-hybridized carbons (Fsp3) is 0.333. The van der Waals surface area contributed by atoms with Crippen LogP contribution in [0.4, 0.5) is 0 Å². The lowest BCUT2D eigenvalue weighted by Gasteiger charge is -2.10. The summed E-state index contributed by atoms with van der Waals surface area (Å²) in [6.45, 7) is 0.807. The molecular formula is C15H16N2O. The highest BCUT2D eigenvalue weighted by Crippen LogP contribution is 2.16. The van der Waals surface area contributed by atoms with Gasteiger partial charge in [-0.25, -0.2) is 4.98 Å². The molecule has 0 bridgehead atoms. The second-order valence-corrected chi connectivity index (χ2v) is 4.72. The average molecular weight is 240 g/mol. The van der Waals surface area contributed by atoms with Crippen molar-refractivity contribution in [2.75, 3.05) is 0 Å². The highest BCUT2D eigenvalue weighted by molar-refractivity contribution is 5.61. The summed E-state index contributed by atoms with van der Waals surface area (Å²) in [6, 6.07) is 9.78. The largest absolute Gasteiger partial charge is 0.296 e. The number of hydrogen-bond acceptors (Lipinski definition) is 2. The molecule has 1 aliphatic rings. The van der Waals surface area contributed by atoms with Gasteiger partial charge in [-0.15, -0.1) is 0 Å². The van der Waals surface area contributed by atoms with E-state index < -0.39 is 0 Å². The van der Waals surface area contributed by atoms with E-state index in [2.05, 4.69) is 4.98 Å². The molecular weight excluding hydrogens is 224 g/mol. The number of hydrogen-bond donors (Lipinski definition) is 0. The lowest BCUT2D eigenvalue weighted by Crippen LogP contribution is -2.25. The van der Waals surface area contributed by atoms with Gasteiger partial charge in [0.25, 0.3) is 5.56 Å². The topological polar surface area (TPSA) is 34.9 Å². The van der Waals surface area contributed by atoms with Crippen LogP contribution in [0.5, 0.6) is 0 Å². The second kappa shape index (κ2) is 4.77. The Morgan fingerprint density at radius 2 is 1.89 bits per heavy atom. The fourth-order valence-corrected chi connectivity index (χ4v) is 2.50. The Kier molecular flexibility index (Phi) is 2.97. The number of rotatable bonds is 1. The molecule has 2 aromatic rings. The van der Waals surface area contributed by atoms with Crippen LogP contribution in [-0.2, 0) is 13.0 Å². The Hall–Kier alpha value is -1.90. The summed E-state index contributed by atoms with van der Waals surface area (Å²) in [5.74, 6) is 0.942. The summed E-state index contributed by atoms with van der Waals surface area (Å²) in [5, 5.41) is 0. The monoisotopic (exact) mass is 240 g/mol. The molecule has 0 saturated heterocycles. The first-order valence-corrected chi connectivity index (χ1v) is 6.50. The molecule has 92 valence electrons. The minimum absolute atomic E-state index is 0.105. The van der Waals surface area contributed by atoms with Gasteiger partial charge in [-0.05, 0) is 18.4 Å². The van der Waals surface area contributed by atoms with E-state index in [9.17, 15) is 4.79 Å². The smallest absolute Gasteiger partial charge is 0.261 e. The van der Waals surface area contributed by atoms with Gasteiger partial charge in [0.05, 0.1) is 5.56 Å². The predicted octanol–water partition coefficient (Wildman–Crippen LogP) is 2.64. The molecule has 0 spiro atoms. The lowest BCUT2D eigenvalue weighted by atomic mass is 10.1. The number of benzene rings is 1. The SMILES string of the molecule is O=c1c(-c2ccccc2)cnc2n1CCCCC2. The third-order valence-electron chi connectivity index (χ3n) is 3.50. The van der Waals surface area contributed by atoms with Crippen molar-refractivity contribution in [2.24, 2.45) is 0 Å². The van der Waals surface area contributed by atoms with E-state index in [0.717, 1.165) is 37.2 Å². The molecule has 0 saturated carbocycles. The molecule has 0 radical (unpaired) electrons. The van der Waals surface area contributed by atoms with Crippen LogP contribution >= 0.6 is 0 Å². The predicted molar refractivity (Wildman–Crippen MR) is 71.5 cm³/mol. The van der Waals surface area contributed by atoms with Crippen molar-refractivity contribution in [3.8, 4) is 11.1 Å². The van der Waals surface area contributed by atoms with E-state index in [-0.39, 0.29) is 5.56 Å². The van der Waals surface area contributed by atoms with Crippen LogP contribution in [0.15, 0.2) is 41.3 Å². The van der Waals surface area contributed by atoms with E-state index >= 15 is 0 Å².